The number of carbonyl (C=O) groups is 5. The van der Waals surface area contributed by atoms with Crippen LogP contribution in [-0.4, -0.2) is 108 Å². The van der Waals surface area contributed by atoms with Gasteiger partial charge in [0.25, 0.3) is 0 Å². The Morgan fingerprint density at radius 1 is 0.980 bits per heavy atom. The van der Waals surface area contributed by atoms with Crippen molar-refractivity contribution in [2.75, 3.05) is 38.2 Å². The van der Waals surface area contributed by atoms with Crippen molar-refractivity contribution >= 4 is 41.7 Å². The number of aliphatic hydroxyl groups excluding tert-OH is 1. The lowest BCUT2D eigenvalue weighted by atomic mass is 9.83. The molecule has 1 aromatic rings. The summed E-state index contributed by atoms with van der Waals surface area (Å²) in [5, 5.41) is 22.6. The summed E-state index contributed by atoms with van der Waals surface area (Å²) in [5.74, 6) is 0.199. The van der Waals surface area contributed by atoms with Gasteiger partial charge in [-0.2, -0.15) is 11.8 Å². The molecule has 1 heterocycles. The molecule has 286 valence electrons. The number of ether oxygens (including phenoxy) is 2. The van der Waals surface area contributed by atoms with Gasteiger partial charge in [0.05, 0.1) is 25.0 Å². The third-order valence-corrected chi connectivity index (χ3v) is 10.1. The van der Waals surface area contributed by atoms with E-state index in [0.717, 1.165) is 31.2 Å². The average Bonchev–Trinajstić information content (AvgIpc) is 3.09. The van der Waals surface area contributed by atoms with Crippen LogP contribution in [0.15, 0.2) is 30.3 Å². The molecule has 51 heavy (non-hydrogen) atoms. The molecule has 0 spiro atoms. The Bertz CT molecular complexity index is 1250. The van der Waals surface area contributed by atoms with E-state index in [4.69, 9.17) is 4.74 Å². The van der Waals surface area contributed by atoms with Crippen LogP contribution >= 0.6 is 11.8 Å². The van der Waals surface area contributed by atoms with Gasteiger partial charge < -0.3 is 40.7 Å². The molecule has 5 amide bonds. The van der Waals surface area contributed by atoms with Crippen LogP contribution in [0.1, 0.15) is 90.5 Å². The molecule has 0 bridgehead atoms. The molecule has 1 saturated carbocycles. The lowest BCUT2D eigenvalue weighted by molar-refractivity contribution is -0.137. The van der Waals surface area contributed by atoms with Gasteiger partial charge in [0.1, 0.15) is 11.6 Å². The van der Waals surface area contributed by atoms with Gasteiger partial charge in [-0.3, -0.25) is 14.4 Å². The van der Waals surface area contributed by atoms with E-state index in [-0.39, 0.29) is 49.1 Å². The number of esters is 1. The number of hydrogen-bond donors (Lipinski definition) is 5. The molecule has 14 heteroatoms. The fourth-order valence-corrected chi connectivity index (χ4v) is 7.25. The van der Waals surface area contributed by atoms with Crippen molar-refractivity contribution in [3.63, 3.8) is 0 Å². The van der Waals surface area contributed by atoms with E-state index >= 15 is 0 Å². The van der Waals surface area contributed by atoms with Crippen LogP contribution in [0.5, 0.6) is 0 Å². The highest BCUT2D eigenvalue weighted by Crippen LogP contribution is 2.28. The number of likely N-dealkylation sites (tertiary alicyclic amines) is 1. The third-order valence-electron chi connectivity index (χ3n) is 9.18. The first-order valence-electron chi connectivity index (χ1n) is 18.3. The van der Waals surface area contributed by atoms with E-state index in [9.17, 15) is 29.1 Å². The van der Waals surface area contributed by atoms with Crippen LogP contribution in [0.4, 0.5) is 9.59 Å². The highest BCUT2D eigenvalue weighted by molar-refractivity contribution is 7.99. The van der Waals surface area contributed by atoms with Crippen LogP contribution in [0, 0.1) is 5.92 Å². The van der Waals surface area contributed by atoms with Crippen molar-refractivity contribution in [1.29, 1.82) is 0 Å². The number of nitrogens with one attached hydrogen (secondary N) is 4. The summed E-state index contributed by atoms with van der Waals surface area (Å²) in [6, 6.07) is 7.61. The zero-order valence-electron chi connectivity index (χ0n) is 30.7. The zero-order chi connectivity index (χ0) is 37.2. The molecule has 1 aromatic carbocycles. The predicted molar refractivity (Wildman–Crippen MR) is 197 cm³/mol. The Morgan fingerprint density at radius 3 is 2.31 bits per heavy atom. The highest BCUT2D eigenvalue weighted by Gasteiger charge is 2.30. The number of thioether (sulfide) groups is 1. The van der Waals surface area contributed by atoms with Gasteiger partial charge in [0.2, 0.25) is 11.8 Å². The summed E-state index contributed by atoms with van der Waals surface area (Å²) < 4.78 is 10.0. The molecule has 0 aromatic heterocycles. The first-order valence-corrected chi connectivity index (χ1v) is 19.5. The zero-order valence-corrected chi connectivity index (χ0v) is 31.6. The lowest BCUT2D eigenvalue weighted by Gasteiger charge is -2.33. The summed E-state index contributed by atoms with van der Waals surface area (Å²) in [4.78, 5) is 65.1. The first-order chi connectivity index (χ1) is 24.3. The SMILES string of the molecule is COC(=O)CSCC[C@H](O)[C@H](CC1CCCCC1)NC(=O)CCNC(=O)[C@H](Cc1ccccc1)NC(=O)N1CCC(NC(=O)OC(C)(C)C)CC1. The van der Waals surface area contributed by atoms with Gasteiger partial charge in [-0.15, -0.1) is 0 Å². The van der Waals surface area contributed by atoms with Gasteiger partial charge >= 0.3 is 18.1 Å². The van der Waals surface area contributed by atoms with Gasteiger partial charge in [0.15, 0.2) is 0 Å². The topological polar surface area (TPSA) is 175 Å². The molecule has 0 unspecified atom stereocenters. The number of carbonyl (C=O) groups excluding carboxylic acids is 5. The predicted octanol–water partition coefficient (Wildman–Crippen LogP) is 3.92. The van der Waals surface area contributed by atoms with Crippen LogP contribution in [0.3, 0.4) is 0 Å². The molecular weight excluding hydrogens is 675 g/mol. The van der Waals surface area contributed by atoms with Gasteiger partial charge in [-0.25, -0.2) is 9.59 Å². The van der Waals surface area contributed by atoms with Crippen molar-refractivity contribution in [2.45, 2.75) is 121 Å². The minimum absolute atomic E-state index is 0.0148. The van der Waals surface area contributed by atoms with Crippen molar-refractivity contribution in [1.82, 2.24) is 26.2 Å². The molecule has 0 radical (unpaired) electrons. The summed E-state index contributed by atoms with van der Waals surface area (Å²) >= 11 is 1.39. The molecule has 5 N–H and O–H groups in total. The summed E-state index contributed by atoms with van der Waals surface area (Å²) in [5.41, 5.74) is 0.274. The number of urea groups is 1. The summed E-state index contributed by atoms with van der Waals surface area (Å²) in [6.07, 6.45) is 6.89. The maximum absolute atomic E-state index is 13.4. The second-order valence-corrected chi connectivity index (χ2v) is 15.6. The van der Waals surface area contributed by atoms with E-state index < -0.39 is 35.8 Å². The average molecular weight is 734 g/mol. The number of amides is 5. The lowest BCUT2D eigenvalue weighted by Crippen LogP contribution is -2.55. The van der Waals surface area contributed by atoms with E-state index in [2.05, 4.69) is 26.0 Å². The smallest absolute Gasteiger partial charge is 0.407 e. The number of benzene rings is 1. The van der Waals surface area contributed by atoms with Crippen molar-refractivity contribution < 1.29 is 38.6 Å². The molecule has 1 aliphatic heterocycles. The largest absolute Gasteiger partial charge is 0.468 e. The number of hydrogen-bond acceptors (Lipinski definition) is 9. The van der Waals surface area contributed by atoms with E-state index in [0.29, 0.717) is 50.4 Å². The second kappa shape index (κ2) is 21.8. The normalized spacial score (nSPS) is 17.4. The minimum Gasteiger partial charge on any atom is -0.468 e. The van der Waals surface area contributed by atoms with Crippen molar-refractivity contribution in [3.8, 4) is 0 Å². The molecule has 3 rings (SSSR count). The Labute approximate surface area is 307 Å². The number of aliphatic hydroxyl groups is 1. The molecule has 2 aliphatic rings. The van der Waals surface area contributed by atoms with Crippen LogP contribution in [0.2, 0.25) is 0 Å². The Morgan fingerprint density at radius 2 is 1.67 bits per heavy atom. The van der Waals surface area contributed by atoms with Gasteiger partial charge in [-0.1, -0.05) is 62.4 Å². The fraction of sp³-hybridized carbons (Fsp3) is 0.703. The second-order valence-electron chi connectivity index (χ2n) is 14.5. The van der Waals surface area contributed by atoms with Crippen molar-refractivity contribution in [2.24, 2.45) is 5.92 Å². The Balaban J connectivity index is 1.52. The molecule has 3 atom stereocenters. The maximum Gasteiger partial charge on any atom is 0.407 e. The molecule has 13 nitrogen and oxygen atoms in total. The number of methoxy groups -OCH3 is 1. The number of rotatable bonds is 17. The number of piperidine rings is 1. The summed E-state index contributed by atoms with van der Waals surface area (Å²) in [7, 11) is 1.34. The summed E-state index contributed by atoms with van der Waals surface area (Å²) in [6.45, 7) is 6.28. The standard InChI is InChI=1S/C37H59N5O8S/c1-37(2,3)50-36(48)39-28-16-20-42(21-17-28)35(47)41-30(24-27-13-9-6-10-14-27)34(46)38-19-15-32(44)40-29(23-26-11-7-5-8-12-26)31(43)18-22-51-25-33(45)49-4/h6,9-10,13-14,26,28-31,43H,5,7-8,11-12,15-25H2,1-4H3,(H,38,46)(H,39,48)(H,40,44)(H,41,47)/t29-,30-,31-/m0/s1. The molecule has 2 fully saturated rings. The monoisotopic (exact) mass is 733 g/mol. The Hall–Kier alpha value is -3.52. The number of alkyl carbamates (subject to hydrolysis) is 1. The van der Waals surface area contributed by atoms with Crippen molar-refractivity contribution in [3.05, 3.63) is 35.9 Å². The first kappa shape index (κ1) is 41.9. The van der Waals surface area contributed by atoms with Gasteiger partial charge in [0, 0.05) is 38.5 Å². The molecule has 1 saturated heterocycles. The fourth-order valence-electron chi connectivity index (χ4n) is 6.42. The van der Waals surface area contributed by atoms with Gasteiger partial charge in [-0.05, 0) is 63.7 Å². The van der Waals surface area contributed by atoms with E-state index in [1.54, 1.807) is 25.7 Å². The van der Waals surface area contributed by atoms with Crippen LogP contribution < -0.4 is 21.3 Å². The van der Waals surface area contributed by atoms with E-state index in [1.165, 1.54) is 25.3 Å². The quantitative estimate of drug-likeness (QED) is 0.117. The Kier molecular flexibility index (Phi) is 17.9. The van der Waals surface area contributed by atoms with Crippen LogP contribution in [-0.2, 0) is 30.3 Å². The number of nitrogens with zero attached hydrogens (tertiary/aromatic N) is 1. The highest BCUT2D eigenvalue weighted by atomic mass is 32.2. The van der Waals surface area contributed by atoms with Crippen LogP contribution in [0.25, 0.3) is 0 Å². The third kappa shape index (κ3) is 16.6. The van der Waals surface area contributed by atoms with E-state index in [1.807, 2.05) is 30.3 Å². The molecule has 1 aliphatic carbocycles. The minimum atomic E-state index is -0.871. The molecular formula is C37H59N5O8S. The maximum atomic E-state index is 13.4.